The van der Waals surface area contributed by atoms with Crippen molar-refractivity contribution >= 4 is 23.2 Å². The second-order valence-electron chi connectivity index (χ2n) is 5.26. The van der Waals surface area contributed by atoms with E-state index < -0.39 is 6.10 Å². The average Bonchev–Trinajstić information content (AvgIpc) is 2.98. The lowest BCUT2D eigenvalue weighted by Crippen LogP contribution is -2.32. The zero-order valence-electron chi connectivity index (χ0n) is 11.9. The fraction of sp³-hybridized carbons (Fsp3) is 0.600. The van der Waals surface area contributed by atoms with Crippen LogP contribution in [0, 0.1) is 5.92 Å². The minimum atomic E-state index is -0.583. The molecule has 4 nitrogen and oxygen atoms in total. The van der Waals surface area contributed by atoms with E-state index in [4.69, 9.17) is 32.7 Å². The number of aliphatic hydroxyl groups excluding tert-OH is 1. The Morgan fingerprint density at radius 1 is 1.43 bits per heavy atom. The third kappa shape index (κ3) is 6.01. The van der Waals surface area contributed by atoms with Gasteiger partial charge in [-0.15, -0.1) is 0 Å². The van der Waals surface area contributed by atoms with E-state index in [1.807, 2.05) is 0 Å². The van der Waals surface area contributed by atoms with Crippen LogP contribution in [0.1, 0.15) is 12.8 Å². The van der Waals surface area contributed by atoms with Crippen molar-refractivity contribution < 1.29 is 14.6 Å². The van der Waals surface area contributed by atoms with Crippen molar-refractivity contribution in [3.63, 3.8) is 0 Å². The third-order valence-corrected chi connectivity index (χ3v) is 4.01. The minimum absolute atomic E-state index is 0.180. The largest absolute Gasteiger partial charge is 0.489 e. The van der Waals surface area contributed by atoms with Gasteiger partial charge in [0.05, 0.1) is 5.02 Å². The van der Waals surface area contributed by atoms with Crippen LogP contribution in [0.15, 0.2) is 18.2 Å². The SMILES string of the molecule is OC(CNCCC1CCOC1)COc1cc(Cl)ccc1Cl. The molecule has 0 aromatic heterocycles. The maximum atomic E-state index is 9.87. The molecule has 0 saturated carbocycles. The molecular weight excluding hydrogens is 313 g/mol. The summed E-state index contributed by atoms with van der Waals surface area (Å²) in [6.07, 6.45) is 1.63. The predicted molar refractivity (Wildman–Crippen MR) is 84.4 cm³/mol. The molecule has 0 radical (unpaired) electrons. The predicted octanol–water partition coefficient (Wildman–Crippen LogP) is 2.75. The van der Waals surface area contributed by atoms with Gasteiger partial charge in [0.15, 0.2) is 0 Å². The Labute approximate surface area is 135 Å². The first-order chi connectivity index (χ1) is 10.1. The molecule has 1 aromatic rings. The first kappa shape index (κ1) is 16.8. The fourth-order valence-corrected chi connectivity index (χ4v) is 2.55. The van der Waals surface area contributed by atoms with Crippen LogP contribution in [0.5, 0.6) is 5.75 Å². The summed E-state index contributed by atoms with van der Waals surface area (Å²) in [5, 5.41) is 14.1. The topological polar surface area (TPSA) is 50.7 Å². The maximum absolute atomic E-state index is 9.87. The molecule has 2 unspecified atom stereocenters. The van der Waals surface area contributed by atoms with Gasteiger partial charge < -0.3 is 19.9 Å². The molecule has 0 amide bonds. The number of nitrogens with one attached hydrogen (secondary N) is 1. The average molecular weight is 334 g/mol. The van der Waals surface area contributed by atoms with Crippen molar-refractivity contribution in [3.8, 4) is 5.75 Å². The summed E-state index contributed by atoms with van der Waals surface area (Å²) in [5.41, 5.74) is 0. The van der Waals surface area contributed by atoms with E-state index in [2.05, 4.69) is 5.32 Å². The number of benzene rings is 1. The molecule has 1 heterocycles. The Kier molecular flexibility index (Phi) is 7.07. The van der Waals surface area contributed by atoms with Gasteiger partial charge in [0.1, 0.15) is 18.5 Å². The molecule has 1 aliphatic rings. The van der Waals surface area contributed by atoms with Crippen LogP contribution in [0.2, 0.25) is 10.0 Å². The van der Waals surface area contributed by atoms with Gasteiger partial charge >= 0.3 is 0 Å². The molecule has 0 aliphatic carbocycles. The van der Waals surface area contributed by atoms with Crippen LogP contribution >= 0.6 is 23.2 Å². The summed E-state index contributed by atoms with van der Waals surface area (Å²) in [6, 6.07) is 5.01. The Hall–Kier alpha value is -0.520. The molecule has 2 rings (SSSR count). The van der Waals surface area contributed by atoms with Gasteiger partial charge in [-0.05, 0) is 37.4 Å². The highest BCUT2D eigenvalue weighted by atomic mass is 35.5. The molecule has 0 spiro atoms. The standard InChI is InChI=1S/C15H21Cl2NO3/c16-12-1-2-14(17)15(7-12)21-10-13(19)8-18-5-3-11-4-6-20-9-11/h1-2,7,11,13,18-19H,3-6,8-10H2. The normalized spacial score (nSPS) is 19.7. The fourth-order valence-electron chi connectivity index (χ4n) is 2.22. The van der Waals surface area contributed by atoms with Crippen LogP contribution in [-0.4, -0.2) is 44.1 Å². The number of aliphatic hydroxyl groups is 1. The summed E-state index contributed by atoms with van der Waals surface area (Å²) in [5.74, 6) is 1.14. The van der Waals surface area contributed by atoms with Gasteiger partial charge in [-0.1, -0.05) is 23.2 Å². The van der Waals surface area contributed by atoms with E-state index in [9.17, 15) is 5.11 Å². The second kappa shape index (κ2) is 8.81. The maximum Gasteiger partial charge on any atom is 0.139 e. The van der Waals surface area contributed by atoms with Crippen LogP contribution in [0.25, 0.3) is 0 Å². The Morgan fingerprint density at radius 2 is 2.29 bits per heavy atom. The van der Waals surface area contributed by atoms with Gasteiger partial charge in [-0.25, -0.2) is 0 Å². The summed E-state index contributed by atoms with van der Waals surface area (Å²) in [4.78, 5) is 0. The van der Waals surface area contributed by atoms with E-state index >= 15 is 0 Å². The molecule has 1 aliphatic heterocycles. The van der Waals surface area contributed by atoms with Crippen LogP contribution in [-0.2, 0) is 4.74 Å². The van der Waals surface area contributed by atoms with E-state index in [-0.39, 0.29) is 6.61 Å². The van der Waals surface area contributed by atoms with Crippen LogP contribution in [0.3, 0.4) is 0 Å². The number of hydrogen-bond donors (Lipinski definition) is 2. The van der Waals surface area contributed by atoms with Crippen molar-refractivity contribution in [1.29, 1.82) is 0 Å². The molecule has 2 atom stereocenters. The van der Waals surface area contributed by atoms with E-state index in [1.165, 1.54) is 0 Å². The Morgan fingerprint density at radius 3 is 3.05 bits per heavy atom. The lowest BCUT2D eigenvalue weighted by Gasteiger charge is -2.15. The Balaban J connectivity index is 1.60. The van der Waals surface area contributed by atoms with Gasteiger partial charge in [-0.3, -0.25) is 0 Å². The second-order valence-corrected chi connectivity index (χ2v) is 6.11. The van der Waals surface area contributed by atoms with Crippen molar-refractivity contribution in [2.45, 2.75) is 18.9 Å². The molecule has 1 fully saturated rings. The monoisotopic (exact) mass is 333 g/mol. The number of rotatable bonds is 8. The zero-order valence-corrected chi connectivity index (χ0v) is 13.4. The zero-order chi connectivity index (χ0) is 15.1. The first-order valence-corrected chi connectivity index (χ1v) is 7.95. The van der Waals surface area contributed by atoms with Crippen molar-refractivity contribution in [3.05, 3.63) is 28.2 Å². The quantitative estimate of drug-likeness (QED) is 0.718. The highest BCUT2D eigenvalue weighted by molar-refractivity contribution is 6.34. The number of hydrogen-bond acceptors (Lipinski definition) is 4. The lowest BCUT2D eigenvalue weighted by molar-refractivity contribution is 0.106. The van der Waals surface area contributed by atoms with Crippen LogP contribution < -0.4 is 10.1 Å². The van der Waals surface area contributed by atoms with Gasteiger partial charge in [-0.2, -0.15) is 0 Å². The molecule has 2 N–H and O–H groups in total. The molecule has 6 heteroatoms. The van der Waals surface area contributed by atoms with Gasteiger partial charge in [0.2, 0.25) is 0 Å². The number of halogens is 2. The van der Waals surface area contributed by atoms with Crippen molar-refractivity contribution in [2.24, 2.45) is 5.92 Å². The first-order valence-electron chi connectivity index (χ1n) is 7.19. The van der Waals surface area contributed by atoms with Crippen molar-refractivity contribution in [2.75, 3.05) is 32.9 Å². The molecule has 0 bridgehead atoms. The summed E-state index contributed by atoms with van der Waals surface area (Å²) >= 11 is 11.9. The Bertz CT molecular complexity index is 439. The van der Waals surface area contributed by atoms with E-state index in [0.717, 1.165) is 32.6 Å². The van der Waals surface area contributed by atoms with Gasteiger partial charge in [0.25, 0.3) is 0 Å². The lowest BCUT2D eigenvalue weighted by atomic mass is 10.1. The molecular formula is C15H21Cl2NO3. The molecule has 1 saturated heterocycles. The van der Waals surface area contributed by atoms with E-state index in [0.29, 0.717) is 28.3 Å². The number of ether oxygens (including phenoxy) is 2. The molecule has 118 valence electrons. The molecule has 1 aromatic carbocycles. The summed E-state index contributed by atoms with van der Waals surface area (Å²) < 4.78 is 10.8. The highest BCUT2D eigenvalue weighted by Crippen LogP contribution is 2.27. The highest BCUT2D eigenvalue weighted by Gasteiger charge is 2.15. The molecule has 21 heavy (non-hydrogen) atoms. The summed E-state index contributed by atoms with van der Waals surface area (Å²) in [7, 11) is 0. The smallest absolute Gasteiger partial charge is 0.139 e. The van der Waals surface area contributed by atoms with Gasteiger partial charge in [0, 0.05) is 30.8 Å². The third-order valence-electron chi connectivity index (χ3n) is 3.46. The van der Waals surface area contributed by atoms with Crippen LogP contribution in [0.4, 0.5) is 0 Å². The summed E-state index contributed by atoms with van der Waals surface area (Å²) in [6.45, 7) is 3.29. The van der Waals surface area contributed by atoms with Crippen molar-refractivity contribution in [1.82, 2.24) is 5.32 Å². The van der Waals surface area contributed by atoms with E-state index in [1.54, 1.807) is 18.2 Å². The minimum Gasteiger partial charge on any atom is -0.489 e.